The fraction of sp³-hybridized carbons (Fsp3) is 0.333. The number of carbonyl (C=O) groups excluding carboxylic acids is 2. The summed E-state index contributed by atoms with van der Waals surface area (Å²) in [4.78, 5) is 35.3. The van der Waals surface area contributed by atoms with E-state index in [1.807, 2.05) is 0 Å². The molecule has 9 heteroatoms. The molecule has 158 valence electrons. The number of nitrogens with zero attached hydrogens (tertiary/aromatic N) is 1. The standard InChI is InChI=1S/C21H23N3O6/c1-14(30-19-10-3-2-9-18(19)24(27)28)20(25)23-16-7-4-6-15(12-16)21(26)22-13-17-8-5-11-29-17/h2-4,6-7,9-10,12,14,17H,5,8,11,13H2,1H3,(H,22,26)(H,23,25). The van der Waals surface area contributed by atoms with Crippen LogP contribution in [-0.2, 0) is 9.53 Å². The van der Waals surface area contributed by atoms with Gasteiger partial charge in [-0.05, 0) is 44.0 Å². The molecule has 0 radical (unpaired) electrons. The number of nitrogens with one attached hydrogen (secondary N) is 2. The van der Waals surface area contributed by atoms with Crippen molar-refractivity contribution in [3.05, 3.63) is 64.2 Å². The summed E-state index contributed by atoms with van der Waals surface area (Å²) in [7, 11) is 0. The van der Waals surface area contributed by atoms with Crippen LogP contribution in [0.3, 0.4) is 0 Å². The van der Waals surface area contributed by atoms with E-state index in [1.165, 1.54) is 25.1 Å². The third-order valence-electron chi connectivity index (χ3n) is 4.64. The molecule has 0 saturated carbocycles. The molecule has 2 aromatic carbocycles. The quantitative estimate of drug-likeness (QED) is 0.507. The van der Waals surface area contributed by atoms with E-state index >= 15 is 0 Å². The van der Waals surface area contributed by atoms with Crippen molar-refractivity contribution in [2.75, 3.05) is 18.5 Å². The van der Waals surface area contributed by atoms with Crippen molar-refractivity contribution >= 4 is 23.2 Å². The van der Waals surface area contributed by atoms with Crippen LogP contribution in [0.1, 0.15) is 30.1 Å². The second kappa shape index (κ2) is 9.84. The average molecular weight is 413 g/mol. The van der Waals surface area contributed by atoms with Gasteiger partial charge >= 0.3 is 5.69 Å². The van der Waals surface area contributed by atoms with Gasteiger partial charge in [0.05, 0.1) is 11.0 Å². The van der Waals surface area contributed by atoms with Crippen molar-refractivity contribution in [1.29, 1.82) is 0 Å². The number of ether oxygens (including phenoxy) is 2. The Kier molecular flexibility index (Phi) is 6.97. The molecule has 2 amide bonds. The number of hydrogen-bond donors (Lipinski definition) is 2. The lowest BCUT2D eigenvalue weighted by Crippen LogP contribution is -2.32. The Labute approximate surface area is 173 Å². The summed E-state index contributed by atoms with van der Waals surface area (Å²) in [5.74, 6) is -0.747. The van der Waals surface area contributed by atoms with E-state index < -0.39 is 16.9 Å². The summed E-state index contributed by atoms with van der Waals surface area (Å²) in [5.41, 5.74) is 0.600. The van der Waals surface area contributed by atoms with Crippen LogP contribution in [0.5, 0.6) is 5.75 Å². The fourth-order valence-electron chi connectivity index (χ4n) is 3.05. The molecular weight excluding hydrogens is 390 g/mol. The zero-order valence-corrected chi connectivity index (χ0v) is 16.5. The average Bonchev–Trinajstić information content (AvgIpc) is 3.26. The summed E-state index contributed by atoms with van der Waals surface area (Å²) in [6, 6.07) is 12.3. The lowest BCUT2D eigenvalue weighted by atomic mass is 10.1. The zero-order valence-electron chi connectivity index (χ0n) is 16.5. The van der Waals surface area contributed by atoms with Crippen molar-refractivity contribution in [3.63, 3.8) is 0 Å². The van der Waals surface area contributed by atoms with Crippen LogP contribution in [0.4, 0.5) is 11.4 Å². The molecule has 2 atom stereocenters. The van der Waals surface area contributed by atoms with Crippen molar-refractivity contribution in [3.8, 4) is 5.75 Å². The maximum Gasteiger partial charge on any atom is 0.310 e. The largest absolute Gasteiger partial charge is 0.474 e. The fourth-order valence-corrected chi connectivity index (χ4v) is 3.05. The third-order valence-corrected chi connectivity index (χ3v) is 4.64. The molecule has 1 heterocycles. The van der Waals surface area contributed by atoms with Crippen LogP contribution in [0.25, 0.3) is 0 Å². The van der Waals surface area contributed by atoms with E-state index in [-0.39, 0.29) is 23.4 Å². The number of para-hydroxylation sites is 2. The molecule has 30 heavy (non-hydrogen) atoms. The minimum Gasteiger partial charge on any atom is -0.474 e. The van der Waals surface area contributed by atoms with Gasteiger partial charge in [0.1, 0.15) is 0 Å². The van der Waals surface area contributed by atoms with E-state index in [4.69, 9.17) is 9.47 Å². The first-order valence-electron chi connectivity index (χ1n) is 9.65. The van der Waals surface area contributed by atoms with Crippen LogP contribution in [0.2, 0.25) is 0 Å². The molecule has 1 fully saturated rings. The van der Waals surface area contributed by atoms with Crippen LogP contribution >= 0.6 is 0 Å². The second-order valence-corrected chi connectivity index (χ2v) is 6.90. The summed E-state index contributed by atoms with van der Waals surface area (Å²) in [6.45, 7) is 2.65. The predicted molar refractivity (Wildman–Crippen MR) is 110 cm³/mol. The molecule has 2 N–H and O–H groups in total. The maximum absolute atomic E-state index is 12.5. The number of anilines is 1. The molecule has 2 aromatic rings. The molecule has 9 nitrogen and oxygen atoms in total. The highest BCUT2D eigenvalue weighted by atomic mass is 16.6. The Hall–Kier alpha value is -3.46. The van der Waals surface area contributed by atoms with Gasteiger partial charge in [-0.1, -0.05) is 18.2 Å². The predicted octanol–water partition coefficient (Wildman–Crippen LogP) is 2.91. The summed E-state index contributed by atoms with van der Waals surface area (Å²) < 4.78 is 11.0. The molecule has 3 rings (SSSR count). The topological polar surface area (TPSA) is 120 Å². The minimum atomic E-state index is -0.983. The number of carbonyl (C=O) groups is 2. The highest BCUT2D eigenvalue weighted by molar-refractivity contribution is 5.98. The summed E-state index contributed by atoms with van der Waals surface area (Å²) in [5, 5.41) is 16.6. The van der Waals surface area contributed by atoms with Crippen molar-refractivity contribution in [2.45, 2.75) is 32.0 Å². The van der Waals surface area contributed by atoms with Gasteiger partial charge in [0.15, 0.2) is 11.9 Å². The number of nitro benzene ring substituents is 1. The van der Waals surface area contributed by atoms with Gasteiger partial charge in [-0.25, -0.2) is 0 Å². The van der Waals surface area contributed by atoms with Gasteiger partial charge in [-0.15, -0.1) is 0 Å². The second-order valence-electron chi connectivity index (χ2n) is 6.90. The van der Waals surface area contributed by atoms with Crippen molar-refractivity contribution in [1.82, 2.24) is 5.32 Å². The van der Waals surface area contributed by atoms with Crippen LogP contribution in [-0.4, -0.2) is 42.1 Å². The number of amides is 2. The van der Waals surface area contributed by atoms with Gasteiger partial charge in [-0.3, -0.25) is 19.7 Å². The van der Waals surface area contributed by atoms with Gasteiger partial charge in [0.2, 0.25) is 0 Å². The molecule has 0 aromatic heterocycles. The molecule has 0 spiro atoms. The van der Waals surface area contributed by atoms with E-state index in [0.717, 1.165) is 12.8 Å². The van der Waals surface area contributed by atoms with Crippen LogP contribution in [0, 0.1) is 10.1 Å². The lowest BCUT2D eigenvalue weighted by Gasteiger charge is -2.15. The van der Waals surface area contributed by atoms with E-state index in [0.29, 0.717) is 24.4 Å². The maximum atomic E-state index is 12.5. The van der Waals surface area contributed by atoms with Gasteiger partial charge < -0.3 is 20.1 Å². The lowest BCUT2D eigenvalue weighted by molar-refractivity contribution is -0.386. The van der Waals surface area contributed by atoms with Gasteiger partial charge in [-0.2, -0.15) is 0 Å². The summed E-state index contributed by atoms with van der Waals surface area (Å²) >= 11 is 0. The van der Waals surface area contributed by atoms with E-state index in [1.54, 1.807) is 30.3 Å². The number of hydrogen-bond acceptors (Lipinski definition) is 6. The van der Waals surface area contributed by atoms with Gasteiger partial charge in [0.25, 0.3) is 11.8 Å². The molecule has 2 unspecified atom stereocenters. The molecular formula is C21H23N3O6. The van der Waals surface area contributed by atoms with E-state index in [9.17, 15) is 19.7 Å². The molecule has 0 bridgehead atoms. The van der Waals surface area contributed by atoms with Gasteiger partial charge in [0, 0.05) is 30.5 Å². The first kappa shape index (κ1) is 21.3. The van der Waals surface area contributed by atoms with Crippen LogP contribution < -0.4 is 15.4 Å². The van der Waals surface area contributed by atoms with Crippen molar-refractivity contribution in [2.24, 2.45) is 0 Å². The number of benzene rings is 2. The SMILES string of the molecule is CC(Oc1ccccc1[N+](=O)[O-])C(=O)Nc1cccc(C(=O)NCC2CCCO2)c1. The highest BCUT2D eigenvalue weighted by Crippen LogP contribution is 2.27. The minimum absolute atomic E-state index is 0.00686. The van der Waals surface area contributed by atoms with Crippen LogP contribution in [0.15, 0.2) is 48.5 Å². The zero-order chi connectivity index (χ0) is 21.5. The number of rotatable bonds is 8. The molecule has 1 aliphatic heterocycles. The molecule has 0 aliphatic carbocycles. The Bertz CT molecular complexity index is 926. The first-order valence-corrected chi connectivity index (χ1v) is 9.65. The Morgan fingerprint density at radius 3 is 2.80 bits per heavy atom. The Balaban J connectivity index is 1.59. The molecule has 1 saturated heterocycles. The Morgan fingerprint density at radius 1 is 1.27 bits per heavy atom. The highest BCUT2D eigenvalue weighted by Gasteiger charge is 2.21. The number of nitro groups is 1. The first-order chi connectivity index (χ1) is 14.4. The third kappa shape index (κ3) is 5.54. The Morgan fingerprint density at radius 2 is 2.07 bits per heavy atom. The monoisotopic (exact) mass is 413 g/mol. The summed E-state index contributed by atoms with van der Waals surface area (Å²) in [6.07, 6.45) is 0.974. The normalized spacial score (nSPS) is 16.5. The smallest absolute Gasteiger partial charge is 0.310 e. The molecule has 1 aliphatic rings. The van der Waals surface area contributed by atoms with E-state index in [2.05, 4.69) is 10.6 Å². The van der Waals surface area contributed by atoms with Crippen molar-refractivity contribution < 1.29 is 24.0 Å².